The summed E-state index contributed by atoms with van der Waals surface area (Å²) in [6.45, 7) is 25.7. The fraction of sp³-hybridized carbons (Fsp3) is 1.00. The number of piperazine rings is 1. The van der Waals surface area contributed by atoms with Crippen LogP contribution in [0.25, 0.3) is 0 Å². The molecule has 5 nitrogen and oxygen atoms in total. The van der Waals surface area contributed by atoms with Gasteiger partial charge in [-0.1, -0.05) is 27.7 Å². The normalized spacial score (nSPS) is 17.5. The van der Waals surface area contributed by atoms with E-state index in [4.69, 9.17) is 0 Å². The zero-order valence-electron chi connectivity index (χ0n) is 16.2. The lowest BCUT2D eigenvalue weighted by Crippen LogP contribution is -2.49. The third-order valence-electron chi connectivity index (χ3n) is 5.20. The average molecular weight is 328 g/mol. The Kier molecular flexibility index (Phi) is 11.9. The molecule has 0 aromatic carbocycles. The Balaban J connectivity index is 2.01. The van der Waals surface area contributed by atoms with Crippen LogP contribution < -0.4 is 5.32 Å². The van der Waals surface area contributed by atoms with E-state index in [2.05, 4.69) is 52.6 Å². The summed E-state index contributed by atoms with van der Waals surface area (Å²) in [7, 11) is 0. The molecule has 0 bridgehead atoms. The Hall–Kier alpha value is -0.200. The second-order valence-corrected chi connectivity index (χ2v) is 6.49. The summed E-state index contributed by atoms with van der Waals surface area (Å²) in [4.78, 5) is 10.2. The van der Waals surface area contributed by atoms with Crippen molar-refractivity contribution in [1.82, 2.24) is 24.9 Å². The Bertz CT molecular complexity index is 255. The molecule has 1 heterocycles. The molecule has 0 saturated carbocycles. The molecular weight excluding hydrogens is 286 g/mol. The van der Waals surface area contributed by atoms with Gasteiger partial charge in [-0.15, -0.1) is 0 Å². The van der Waals surface area contributed by atoms with Crippen molar-refractivity contribution in [3.63, 3.8) is 0 Å². The first-order valence-corrected chi connectivity index (χ1v) is 9.83. The summed E-state index contributed by atoms with van der Waals surface area (Å²) < 4.78 is 0. The van der Waals surface area contributed by atoms with Crippen LogP contribution in [-0.4, -0.2) is 111 Å². The number of nitrogens with zero attached hydrogens (tertiary/aromatic N) is 4. The molecule has 1 aliphatic rings. The van der Waals surface area contributed by atoms with Gasteiger partial charge in [0, 0.05) is 65.4 Å². The highest BCUT2D eigenvalue weighted by Gasteiger charge is 2.16. The summed E-state index contributed by atoms with van der Waals surface area (Å²) in [6, 6.07) is 0. The van der Waals surface area contributed by atoms with Crippen molar-refractivity contribution in [1.29, 1.82) is 0 Å². The lowest BCUT2D eigenvalue weighted by molar-refractivity contribution is 0.120. The van der Waals surface area contributed by atoms with Crippen molar-refractivity contribution < 1.29 is 0 Å². The predicted octanol–water partition coefficient (Wildman–Crippen LogP) is 0.877. The van der Waals surface area contributed by atoms with Crippen LogP contribution >= 0.6 is 0 Å². The van der Waals surface area contributed by atoms with Gasteiger partial charge in [0.2, 0.25) is 0 Å². The van der Waals surface area contributed by atoms with Crippen LogP contribution in [-0.2, 0) is 0 Å². The van der Waals surface area contributed by atoms with Crippen molar-refractivity contribution in [3.05, 3.63) is 0 Å². The van der Waals surface area contributed by atoms with Gasteiger partial charge in [-0.3, -0.25) is 9.80 Å². The van der Waals surface area contributed by atoms with Gasteiger partial charge < -0.3 is 15.1 Å². The van der Waals surface area contributed by atoms with Crippen molar-refractivity contribution >= 4 is 0 Å². The molecule has 0 aromatic rings. The lowest BCUT2D eigenvalue weighted by Gasteiger charge is -2.35. The van der Waals surface area contributed by atoms with Crippen LogP contribution in [0.15, 0.2) is 0 Å². The molecule has 0 atom stereocenters. The van der Waals surface area contributed by atoms with E-state index in [-0.39, 0.29) is 0 Å². The molecule has 0 amide bonds. The minimum Gasteiger partial charge on any atom is -0.314 e. The Morgan fingerprint density at radius 3 is 1.65 bits per heavy atom. The third-order valence-corrected chi connectivity index (χ3v) is 5.20. The maximum Gasteiger partial charge on any atom is 0.0110 e. The predicted molar refractivity (Wildman–Crippen MR) is 101 cm³/mol. The fourth-order valence-electron chi connectivity index (χ4n) is 3.20. The van der Waals surface area contributed by atoms with E-state index in [9.17, 15) is 0 Å². The van der Waals surface area contributed by atoms with Crippen LogP contribution in [0.1, 0.15) is 27.7 Å². The maximum absolute atomic E-state index is 3.59. The van der Waals surface area contributed by atoms with Gasteiger partial charge in [0.1, 0.15) is 0 Å². The standard InChI is InChI=1S/C18H41N5/c1-5-20(6-2)11-9-19-10-12-22-15-17-23(18-16-22)14-13-21(7-3)8-4/h19H,5-18H2,1-4H3. The first kappa shape index (κ1) is 20.8. The van der Waals surface area contributed by atoms with Crippen LogP contribution in [0.2, 0.25) is 0 Å². The molecule has 1 aliphatic heterocycles. The number of nitrogens with one attached hydrogen (secondary N) is 1. The summed E-state index contributed by atoms with van der Waals surface area (Å²) in [5.41, 5.74) is 0. The molecule has 1 saturated heterocycles. The van der Waals surface area contributed by atoms with Crippen molar-refractivity contribution in [2.45, 2.75) is 27.7 Å². The largest absolute Gasteiger partial charge is 0.314 e. The van der Waals surface area contributed by atoms with Crippen LogP contribution in [0.3, 0.4) is 0 Å². The molecule has 0 unspecified atom stereocenters. The molecular formula is C18H41N5. The molecule has 23 heavy (non-hydrogen) atoms. The summed E-state index contributed by atoms with van der Waals surface area (Å²) in [5.74, 6) is 0. The molecule has 1 rings (SSSR count). The molecule has 1 fully saturated rings. The summed E-state index contributed by atoms with van der Waals surface area (Å²) >= 11 is 0. The molecule has 0 spiro atoms. The van der Waals surface area contributed by atoms with Crippen LogP contribution in [0.5, 0.6) is 0 Å². The van der Waals surface area contributed by atoms with Gasteiger partial charge in [0.15, 0.2) is 0 Å². The quantitative estimate of drug-likeness (QED) is 0.506. The lowest BCUT2D eigenvalue weighted by atomic mass is 10.3. The summed E-state index contributed by atoms with van der Waals surface area (Å²) in [5, 5.41) is 3.59. The molecule has 138 valence electrons. The smallest absolute Gasteiger partial charge is 0.0110 e. The number of rotatable bonds is 13. The highest BCUT2D eigenvalue weighted by atomic mass is 15.3. The highest BCUT2D eigenvalue weighted by Crippen LogP contribution is 2.01. The molecule has 0 aromatic heterocycles. The van der Waals surface area contributed by atoms with Gasteiger partial charge in [-0.2, -0.15) is 0 Å². The Morgan fingerprint density at radius 1 is 0.652 bits per heavy atom. The van der Waals surface area contributed by atoms with E-state index in [1.807, 2.05) is 0 Å². The van der Waals surface area contributed by atoms with E-state index in [0.717, 1.165) is 26.2 Å². The van der Waals surface area contributed by atoms with E-state index < -0.39 is 0 Å². The van der Waals surface area contributed by atoms with Crippen molar-refractivity contribution in [2.24, 2.45) is 0 Å². The fourth-order valence-corrected chi connectivity index (χ4v) is 3.20. The molecule has 0 aliphatic carbocycles. The van der Waals surface area contributed by atoms with Gasteiger partial charge in [-0.05, 0) is 26.2 Å². The second-order valence-electron chi connectivity index (χ2n) is 6.49. The molecule has 0 radical (unpaired) electrons. The number of likely N-dealkylation sites (N-methyl/N-ethyl adjacent to an activating group) is 2. The van der Waals surface area contributed by atoms with Gasteiger partial charge in [-0.25, -0.2) is 0 Å². The van der Waals surface area contributed by atoms with Gasteiger partial charge in [0.05, 0.1) is 0 Å². The second kappa shape index (κ2) is 13.1. The number of hydrogen-bond acceptors (Lipinski definition) is 5. The third kappa shape index (κ3) is 9.01. The van der Waals surface area contributed by atoms with Crippen LogP contribution in [0, 0.1) is 0 Å². The molecule has 1 N–H and O–H groups in total. The first-order valence-electron chi connectivity index (χ1n) is 9.83. The number of hydrogen-bond donors (Lipinski definition) is 1. The SMILES string of the molecule is CCN(CC)CCNCCN1CCN(CCN(CC)CC)CC1. The maximum atomic E-state index is 3.59. The van der Waals surface area contributed by atoms with Gasteiger partial charge >= 0.3 is 0 Å². The van der Waals surface area contributed by atoms with E-state index in [1.165, 1.54) is 65.4 Å². The first-order chi connectivity index (χ1) is 11.2. The topological polar surface area (TPSA) is 25.0 Å². The van der Waals surface area contributed by atoms with E-state index in [0.29, 0.717) is 0 Å². The van der Waals surface area contributed by atoms with Crippen molar-refractivity contribution in [2.75, 3.05) is 91.6 Å². The zero-order chi connectivity index (χ0) is 16.9. The zero-order valence-corrected chi connectivity index (χ0v) is 16.2. The Labute approximate surface area is 145 Å². The van der Waals surface area contributed by atoms with Gasteiger partial charge in [0.25, 0.3) is 0 Å². The Morgan fingerprint density at radius 2 is 1.13 bits per heavy atom. The van der Waals surface area contributed by atoms with E-state index >= 15 is 0 Å². The average Bonchev–Trinajstić information content (AvgIpc) is 2.60. The van der Waals surface area contributed by atoms with Crippen LogP contribution in [0.4, 0.5) is 0 Å². The summed E-state index contributed by atoms with van der Waals surface area (Å²) in [6.07, 6.45) is 0. The van der Waals surface area contributed by atoms with Crippen molar-refractivity contribution in [3.8, 4) is 0 Å². The minimum atomic E-state index is 1.12. The van der Waals surface area contributed by atoms with E-state index in [1.54, 1.807) is 0 Å². The highest BCUT2D eigenvalue weighted by molar-refractivity contribution is 4.73. The monoisotopic (exact) mass is 327 g/mol. The molecule has 5 heteroatoms. The minimum absolute atomic E-state index is 1.12.